The molecule has 0 radical (unpaired) electrons. The van der Waals surface area contributed by atoms with E-state index in [-0.39, 0.29) is 65.7 Å². The van der Waals surface area contributed by atoms with E-state index in [1.165, 1.54) is 13.3 Å². The molecule has 6 nitrogen and oxygen atoms in total. The van der Waals surface area contributed by atoms with Crippen LogP contribution >= 0.6 is 0 Å². The topological polar surface area (TPSA) is 102 Å². The van der Waals surface area contributed by atoms with Crippen molar-refractivity contribution in [1.82, 2.24) is 4.98 Å². The van der Waals surface area contributed by atoms with Crippen molar-refractivity contribution >= 4 is 11.9 Å². The average Bonchev–Trinajstić information content (AvgIpc) is 2.17. The summed E-state index contributed by atoms with van der Waals surface area (Å²) >= 11 is 0. The number of carboxylic acids is 2. The molecule has 1 aromatic heterocycles. The van der Waals surface area contributed by atoms with Gasteiger partial charge in [0.1, 0.15) is 0 Å². The van der Waals surface area contributed by atoms with Crippen LogP contribution in [0.25, 0.3) is 0 Å². The van der Waals surface area contributed by atoms with Crippen LogP contribution in [0, 0.1) is 0 Å². The number of pyridine rings is 1. The SMILES string of the molecule is COCc1cnc(C(=O)[O-])c(C(=O)[O-])c1.[Na+].[Na+]. The molecule has 0 N–H and O–H groups in total. The van der Waals surface area contributed by atoms with Gasteiger partial charge in [0.2, 0.25) is 0 Å². The van der Waals surface area contributed by atoms with Gasteiger partial charge in [-0.2, -0.15) is 0 Å². The molecule has 8 heteroatoms. The standard InChI is InChI=1S/C9H9NO5.2Na/c1-15-4-5-2-6(8(11)12)7(9(13)14)10-3-5;;/h2-3H,4H2,1H3,(H,11,12)(H,13,14);;/q;2*+1/p-2. The number of hydrogen-bond donors (Lipinski definition) is 0. The van der Waals surface area contributed by atoms with Crippen molar-refractivity contribution in [3.63, 3.8) is 0 Å². The van der Waals surface area contributed by atoms with Crippen molar-refractivity contribution in [3.05, 3.63) is 29.1 Å². The van der Waals surface area contributed by atoms with Gasteiger partial charge in [-0.05, 0) is 11.6 Å². The normalized spacial score (nSPS) is 8.76. The van der Waals surface area contributed by atoms with Crippen LogP contribution in [0.1, 0.15) is 26.4 Å². The van der Waals surface area contributed by atoms with Crippen LogP contribution in [0.3, 0.4) is 0 Å². The van der Waals surface area contributed by atoms with E-state index >= 15 is 0 Å². The molecule has 17 heavy (non-hydrogen) atoms. The minimum atomic E-state index is -1.65. The minimum Gasteiger partial charge on any atom is -0.545 e. The summed E-state index contributed by atoms with van der Waals surface area (Å²) in [6.07, 6.45) is 1.21. The first-order valence-corrected chi connectivity index (χ1v) is 3.96. The molecule has 0 aliphatic rings. The van der Waals surface area contributed by atoms with Crippen LogP contribution in [0.15, 0.2) is 12.3 Å². The predicted molar refractivity (Wildman–Crippen MR) is 43.6 cm³/mol. The Bertz CT molecular complexity index is 410. The Hall–Kier alpha value is 0.0500. The third-order valence-electron chi connectivity index (χ3n) is 1.67. The quantitative estimate of drug-likeness (QED) is 0.495. The van der Waals surface area contributed by atoms with E-state index in [9.17, 15) is 19.8 Å². The van der Waals surface area contributed by atoms with E-state index in [1.807, 2.05) is 0 Å². The first kappa shape index (κ1) is 19.4. The van der Waals surface area contributed by atoms with Gasteiger partial charge in [0, 0.05) is 18.9 Å². The summed E-state index contributed by atoms with van der Waals surface area (Å²) in [5, 5.41) is 21.1. The summed E-state index contributed by atoms with van der Waals surface area (Å²) in [5.74, 6) is -3.27. The molecule has 1 rings (SSSR count). The number of hydrogen-bond acceptors (Lipinski definition) is 6. The monoisotopic (exact) mass is 255 g/mol. The number of aromatic carboxylic acids is 2. The third-order valence-corrected chi connectivity index (χ3v) is 1.67. The number of ether oxygens (including phenoxy) is 1. The van der Waals surface area contributed by atoms with Crippen molar-refractivity contribution in [2.75, 3.05) is 7.11 Å². The van der Waals surface area contributed by atoms with E-state index in [1.54, 1.807) is 0 Å². The van der Waals surface area contributed by atoms with Crippen LogP contribution in [0.4, 0.5) is 0 Å². The number of methoxy groups -OCH3 is 1. The Balaban J connectivity index is 0. The number of carbonyl (C=O) groups is 2. The second-order valence-electron chi connectivity index (χ2n) is 2.75. The van der Waals surface area contributed by atoms with Gasteiger partial charge in [-0.3, -0.25) is 4.98 Å². The van der Waals surface area contributed by atoms with Crippen LogP contribution in [0.2, 0.25) is 0 Å². The third kappa shape index (κ3) is 5.48. The van der Waals surface area contributed by atoms with Crippen LogP contribution in [-0.4, -0.2) is 24.0 Å². The molecule has 0 spiro atoms. The Kier molecular flexibility index (Phi) is 10.3. The van der Waals surface area contributed by atoms with Crippen molar-refractivity contribution in [2.45, 2.75) is 6.61 Å². The zero-order chi connectivity index (χ0) is 11.4. The molecule has 0 amide bonds. The van der Waals surface area contributed by atoms with E-state index in [0.29, 0.717) is 5.56 Å². The molecular weight excluding hydrogens is 248 g/mol. The molecule has 0 aliphatic heterocycles. The maximum atomic E-state index is 10.6. The van der Waals surface area contributed by atoms with Gasteiger partial charge in [0.15, 0.2) is 0 Å². The molecule has 80 valence electrons. The summed E-state index contributed by atoms with van der Waals surface area (Å²) in [4.78, 5) is 24.6. The zero-order valence-electron chi connectivity index (χ0n) is 9.85. The zero-order valence-corrected chi connectivity index (χ0v) is 13.9. The second-order valence-corrected chi connectivity index (χ2v) is 2.75. The van der Waals surface area contributed by atoms with E-state index in [4.69, 9.17) is 4.74 Å². The molecule has 0 bridgehead atoms. The minimum absolute atomic E-state index is 0. The molecule has 0 saturated heterocycles. The second kappa shape index (κ2) is 9.04. The van der Waals surface area contributed by atoms with Gasteiger partial charge in [0.25, 0.3) is 0 Å². The summed E-state index contributed by atoms with van der Waals surface area (Å²) < 4.78 is 4.75. The van der Waals surface area contributed by atoms with Gasteiger partial charge < -0.3 is 24.5 Å². The summed E-state index contributed by atoms with van der Waals surface area (Å²) in [7, 11) is 1.42. The van der Waals surface area contributed by atoms with Gasteiger partial charge in [-0.15, -0.1) is 0 Å². The summed E-state index contributed by atoms with van der Waals surface area (Å²) in [6.45, 7) is 0.139. The fraction of sp³-hybridized carbons (Fsp3) is 0.222. The molecule has 0 atom stereocenters. The van der Waals surface area contributed by atoms with Crippen molar-refractivity contribution in [2.24, 2.45) is 0 Å². The number of carbonyl (C=O) groups excluding carboxylic acids is 2. The van der Waals surface area contributed by atoms with Crippen molar-refractivity contribution < 1.29 is 83.7 Å². The van der Waals surface area contributed by atoms with Crippen molar-refractivity contribution in [3.8, 4) is 0 Å². The first-order chi connectivity index (χ1) is 7.06. The maximum absolute atomic E-state index is 10.6. The molecule has 0 unspecified atom stereocenters. The molecule has 1 heterocycles. The fourth-order valence-electron chi connectivity index (χ4n) is 1.07. The van der Waals surface area contributed by atoms with Crippen LogP contribution in [0.5, 0.6) is 0 Å². The number of rotatable bonds is 4. The Morgan fingerprint density at radius 1 is 1.29 bits per heavy atom. The first-order valence-electron chi connectivity index (χ1n) is 3.96. The number of nitrogens with zero attached hydrogens (tertiary/aromatic N) is 1. The smallest absolute Gasteiger partial charge is 0.545 e. The van der Waals surface area contributed by atoms with Gasteiger partial charge in [-0.1, -0.05) is 0 Å². The molecule has 0 aromatic carbocycles. The largest absolute Gasteiger partial charge is 1.00 e. The molecule has 0 fully saturated rings. The van der Waals surface area contributed by atoms with E-state index in [2.05, 4.69) is 4.98 Å². The van der Waals surface area contributed by atoms with E-state index in [0.717, 1.165) is 6.07 Å². The number of carboxylic acid groups (broad SMARTS) is 2. The van der Waals surface area contributed by atoms with Gasteiger partial charge in [-0.25, -0.2) is 0 Å². The summed E-state index contributed by atoms with van der Waals surface area (Å²) in [6, 6.07) is 1.14. The Labute approximate surface area is 142 Å². The Morgan fingerprint density at radius 3 is 2.29 bits per heavy atom. The molecule has 0 saturated carbocycles. The van der Waals surface area contributed by atoms with Gasteiger partial charge in [0.05, 0.1) is 24.2 Å². The molecule has 0 aliphatic carbocycles. The van der Waals surface area contributed by atoms with Crippen LogP contribution < -0.4 is 69.3 Å². The van der Waals surface area contributed by atoms with Gasteiger partial charge >= 0.3 is 59.1 Å². The Morgan fingerprint density at radius 2 is 1.88 bits per heavy atom. The van der Waals surface area contributed by atoms with E-state index < -0.39 is 23.2 Å². The molecular formula is C9H7NNa2O5. The number of aromatic nitrogens is 1. The molecule has 1 aromatic rings. The van der Waals surface area contributed by atoms with Crippen molar-refractivity contribution in [1.29, 1.82) is 0 Å². The fourth-order valence-corrected chi connectivity index (χ4v) is 1.07. The maximum Gasteiger partial charge on any atom is 1.00 e. The summed E-state index contributed by atoms with van der Waals surface area (Å²) in [5.41, 5.74) is -0.707. The van der Waals surface area contributed by atoms with Crippen LogP contribution in [-0.2, 0) is 11.3 Å². The average molecular weight is 255 g/mol. The predicted octanol–water partition coefficient (Wildman–Crippen LogP) is -8.04.